The molecule has 0 bridgehead atoms. The number of nitrogens with zero attached hydrogens (tertiary/aromatic N) is 1. The van der Waals surface area contributed by atoms with Gasteiger partial charge in [-0.15, -0.1) is 11.3 Å². The predicted octanol–water partition coefficient (Wildman–Crippen LogP) is 3.23. The molecule has 17 heavy (non-hydrogen) atoms. The molecule has 1 aromatic carbocycles. The molecule has 0 spiro atoms. The average molecular weight is 315 g/mol. The maximum atomic E-state index is 13.6. The van der Waals surface area contributed by atoms with E-state index in [0.717, 1.165) is 0 Å². The Morgan fingerprint density at radius 1 is 1.53 bits per heavy atom. The van der Waals surface area contributed by atoms with Crippen molar-refractivity contribution >= 4 is 38.3 Å². The van der Waals surface area contributed by atoms with Crippen LogP contribution in [-0.4, -0.2) is 10.9 Å². The molecule has 2 rings (SSSR count). The molecule has 88 valence electrons. The third-order valence-electron chi connectivity index (χ3n) is 2.06. The van der Waals surface area contributed by atoms with E-state index in [4.69, 9.17) is 0 Å². The average Bonchev–Trinajstić information content (AvgIpc) is 2.77. The first kappa shape index (κ1) is 12.2. The number of carbonyl (C=O) groups is 1. The number of benzene rings is 1. The lowest BCUT2D eigenvalue weighted by Crippen LogP contribution is -2.15. The van der Waals surface area contributed by atoms with Crippen LogP contribution in [0.25, 0.3) is 0 Å². The van der Waals surface area contributed by atoms with Gasteiger partial charge in [-0.1, -0.05) is 12.1 Å². The molecule has 0 aliphatic carbocycles. The minimum Gasteiger partial charge on any atom is -0.302 e. The molecular weight excluding hydrogens is 307 g/mol. The number of carbonyl (C=O) groups excluding carboxylic acids is 1. The van der Waals surface area contributed by atoms with Crippen molar-refractivity contribution in [2.45, 2.75) is 6.42 Å². The summed E-state index contributed by atoms with van der Waals surface area (Å²) in [5.41, 5.74) is 0.355. The van der Waals surface area contributed by atoms with Gasteiger partial charge in [0.05, 0.1) is 10.9 Å². The van der Waals surface area contributed by atoms with Crippen LogP contribution in [0.4, 0.5) is 9.52 Å². The van der Waals surface area contributed by atoms with Crippen LogP contribution in [0.1, 0.15) is 5.56 Å². The van der Waals surface area contributed by atoms with Crippen molar-refractivity contribution < 1.29 is 9.18 Å². The molecule has 1 aromatic heterocycles. The smallest absolute Gasteiger partial charge is 0.230 e. The Morgan fingerprint density at radius 3 is 3.06 bits per heavy atom. The van der Waals surface area contributed by atoms with Crippen molar-refractivity contribution in [3.8, 4) is 0 Å². The summed E-state index contributed by atoms with van der Waals surface area (Å²) in [7, 11) is 0. The van der Waals surface area contributed by atoms with E-state index in [1.54, 1.807) is 29.8 Å². The second kappa shape index (κ2) is 5.37. The lowest BCUT2D eigenvalue weighted by Gasteiger charge is -2.04. The predicted molar refractivity (Wildman–Crippen MR) is 68.5 cm³/mol. The zero-order valence-corrected chi connectivity index (χ0v) is 11.0. The van der Waals surface area contributed by atoms with E-state index < -0.39 is 5.82 Å². The summed E-state index contributed by atoms with van der Waals surface area (Å²) in [6.07, 6.45) is 1.59. The summed E-state index contributed by atoms with van der Waals surface area (Å²) in [6.45, 7) is 0. The van der Waals surface area contributed by atoms with Crippen LogP contribution in [0.15, 0.2) is 34.2 Å². The van der Waals surface area contributed by atoms with Crippen molar-refractivity contribution in [1.29, 1.82) is 0 Å². The Bertz CT molecular complexity index is 530. The van der Waals surface area contributed by atoms with Crippen molar-refractivity contribution in [1.82, 2.24) is 4.98 Å². The molecule has 0 unspecified atom stereocenters. The molecule has 1 N–H and O–H groups in total. The third-order valence-corrected chi connectivity index (χ3v) is 3.36. The first-order valence-electron chi connectivity index (χ1n) is 4.79. The van der Waals surface area contributed by atoms with Crippen LogP contribution in [0.5, 0.6) is 0 Å². The van der Waals surface area contributed by atoms with Crippen LogP contribution in [0, 0.1) is 5.82 Å². The second-order valence-corrected chi connectivity index (χ2v) is 5.02. The lowest BCUT2D eigenvalue weighted by molar-refractivity contribution is -0.115. The Morgan fingerprint density at radius 2 is 2.35 bits per heavy atom. The van der Waals surface area contributed by atoms with Crippen LogP contribution in [-0.2, 0) is 11.2 Å². The number of aromatic nitrogens is 1. The first-order valence-corrected chi connectivity index (χ1v) is 6.46. The number of rotatable bonds is 3. The summed E-state index contributed by atoms with van der Waals surface area (Å²) in [5.74, 6) is -0.682. The van der Waals surface area contributed by atoms with Crippen molar-refractivity contribution in [2.24, 2.45) is 0 Å². The highest BCUT2D eigenvalue weighted by Gasteiger charge is 2.11. The standard InChI is InChI=1S/C11H8BrFN2OS/c12-8-3-1-2-7(10(8)13)6-9(16)15-11-14-4-5-17-11/h1-5H,6H2,(H,14,15,16). The number of nitrogens with one attached hydrogen (secondary N) is 1. The van der Waals surface area contributed by atoms with Gasteiger partial charge >= 0.3 is 0 Å². The molecule has 1 heterocycles. The molecule has 6 heteroatoms. The zero-order valence-electron chi connectivity index (χ0n) is 8.61. The van der Waals surface area contributed by atoms with Crippen LogP contribution in [0.2, 0.25) is 0 Å². The van der Waals surface area contributed by atoms with Crippen LogP contribution < -0.4 is 5.32 Å². The van der Waals surface area contributed by atoms with Gasteiger partial charge in [-0.05, 0) is 27.6 Å². The van der Waals surface area contributed by atoms with E-state index in [-0.39, 0.29) is 12.3 Å². The third kappa shape index (κ3) is 3.10. The lowest BCUT2D eigenvalue weighted by atomic mass is 10.1. The van der Waals surface area contributed by atoms with Gasteiger partial charge in [-0.3, -0.25) is 4.79 Å². The Kier molecular flexibility index (Phi) is 3.86. The van der Waals surface area contributed by atoms with Gasteiger partial charge in [0.1, 0.15) is 5.82 Å². The van der Waals surface area contributed by atoms with E-state index in [0.29, 0.717) is 15.2 Å². The zero-order chi connectivity index (χ0) is 12.3. The minimum absolute atomic E-state index is 0.00907. The fourth-order valence-electron chi connectivity index (χ4n) is 1.31. The van der Waals surface area contributed by atoms with E-state index >= 15 is 0 Å². The molecule has 0 aliphatic heterocycles. The molecule has 3 nitrogen and oxygen atoms in total. The topological polar surface area (TPSA) is 42.0 Å². The van der Waals surface area contributed by atoms with Crippen LogP contribution in [0.3, 0.4) is 0 Å². The first-order chi connectivity index (χ1) is 8.16. The van der Waals surface area contributed by atoms with Gasteiger partial charge in [0.2, 0.25) is 5.91 Å². The monoisotopic (exact) mass is 314 g/mol. The summed E-state index contributed by atoms with van der Waals surface area (Å²) in [6, 6.07) is 4.87. The molecule has 1 amide bonds. The quantitative estimate of drug-likeness (QED) is 0.945. The minimum atomic E-state index is -0.401. The van der Waals surface area contributed by atoms with E-state index in [9.17, 15) is 9.18 Å². The van der Waals surface area contributed by atoms with E-state index in [2.05, 4.69) is 26.2 Å². The number of anilines is 1. The number of thiazole rings is 1. The molecule has 2 aromatic rings. The SMILES string of the molecule is O=C(Cc1cccc(Br)c1F)Nc1nccs1. The molecule has 0 atom stereocenters. The van der Waals surface area contributed by atoms with Gasteiger partial charge in [0.15, 0.2) is 5.13 Å². The Hall–Kier alpha value is -1.27. The van der Waals surface area contributed by atoms with Crippen LogP contribution >= 0.6 is 27.3 Å². The van der Waals surface area contributed by atoms with Gasteiger partial charge < -0.3 is 5.32 Å². The molecule has 0 saturated carbocycles. The largest absolute Gasteiger partial charge is 0.302 e. The highest BCUT2D eigenvalue weighted by molar-refractivity contribution is 9.10. The molecular formula is C11H8BrFN2OS. The maximum Gasteiger partial charge on any atom is 0.230 e. The second-order valence-electron chi connectivity index (χ2n) is 3.28. The summed E-state index contributed by atoms with van der Waals surface area (Å²) < 4.78 is 14.0. The highest BCUT2D eigenvalue weighted by Crippen LogP contribution is 2.19. The highest BCUT2D eigenvalue weighted by atomic mass is 79.9. The normalized spacial score (nSPS) is 10.2. The summed E-state index contributed by atoms with van der Waals surface area (Å²) in [4.78, 5) is 15.5. The number of hydrogen-bond donors (Lipinski definition) is 1. The van der Waals surface area contributed by atoms with Crippen molar-refractivity contribution in [3.05, 3.63) is 45.6 Å². The van der Waals surface area contributed by atoms with Gasteiger partial charge in [0.25, 0.3) is 0 Å². The van der Waals surface area contributed by atoms with Crippen molar-refractivity contribution in [3.63, 3.8) is 0 Å². The fourth-order valence-corrected chi connectivity index (χ4v) is 2.26. The molecule has 0 fully saturated rings. The number of halogens is 2. The van der Waals surface area contributed by atoms with Crippen molar-refractivity contribution in [2.75, 3.05) is 5.32 Å². The fraction of sp³-hybridized carbons (Fsp3) is 0.0909. The maximum absolute atomic E-state index is 13.6. The Labute approximate surface area is 110 Å². The number of amides is 1. The molecule has 0 saturated heterocycles. The number of hydrogen-bond acceptors (Lipinski definition) is 3. The summed E-state index contributed by atoms with van der Waals surface area (Å²) in [5, 5.41) is 4.88. The summed E-state index contributed by atoms with van der Waals surface area (Å²) >= 11 is 4.40. The van der Waals surface area contributed by atoms with Gasteiger partial charge in [-0.25, -0.2) is 9.37 Å². The van der Waals surface area contributed by atoms with Gasteiger partial charge in [0, 0.05) is 11.6 Å². The Balaban J connectivity index is 2.06. The molecule has 0 radical (unpaired) electrons. The molecule has 0 aliphatic rings. The van der Waals surface area contributed by atoms with Gasteiger partial charge in [-0.2, -0.15) is 0 Å². The van der Waals surface area contributed by atoms with E-state index in [1.165, 1.54) is 11.3 Å². The van der Waals surface area contributed by atoms with E-state index in [1.807, 2.05) is 0 Å².